The van der Waals surface area contributed by atoms with Crippen LogP contribution in [0.3, 0.4) is 0 Å². The number of aromatic hydroxyl groups is 1. The van der Waals surface area contributed by atoms with Crippen molar-refractivity contribution in [2.45, 2.75) is 126 Å². The van der Waals surface area contributed by atoms with Crippen molar-refractivity contribution in [3.63, 3.8) is 0 Å². The molecule has 10 N–H and O–H groups in total. The maximum absolute atomic E-state index is 14.9. The molecule has 21 nitrogen and oxygen atoms in total. The van der Waals surface area contributed by atoms with Crippen molar-refractivity contribution < 1.29 is 98.2 Å². The fourth-order valence-corrected chi connectivity index (χ4v) is 7.33. The van der Waals surface area contributed by atoms with Gasteiger partial charge in [0.2, 0.25) is 23.8 Å². The number of benzene rings is 2. The van der Waals surface area contributed by atoms with Gasteiger partial charge in [0.15, 0.2) is 24.3 Å². The Balaban J connectivity index is 1.52. The van der Waals surface area contributed by atoms with Crippen molar-refractivity contribution in [3.05, 3.63) is 57.8 Å². The summed E-state index contributed by atoms with van der Waals surface area (Å²) in [6.45, 7) is 4.51. The van der Waals surface area contributed by atoms with Gasteiger partial charge in [0.1, 0.15) is 83.2 Å². The standard InChI is InChI=1S/C41H52O21/c1-15(2)6-11-20-22(57-39-31(51)29(49)26(46)23(13-42)58-39)12-21(45)25-28(48)37(35(60-36(20)25)18-7-9-19(54-5)10-8-18)61-41-38(33(53)34(16(3)55-41)56-17(4)44)62-40-32(52)30(50)27(47)24(14-43)59-40/h6-10,12,16,23-24,26-27,29-34,38-43,45-47,49-53H,11,13-14H2,1-5H3. The molecule has 4 heterocycles. The number of hydrogen-bond donors (Lipinski definition) is 10. The van der Waals surface area contributed by atoms with E-state index in [1.54, 1.807) is 32.1 Å². The minimum atomic E-state index is -1.97. The van der Waals surface area contributed by atoms with Crippen LogP contribution in [-0.2, 0) is 34.9 Å². The maximum Gasteiger partial charge on any atom is 0.303 e. The number of ether oxygens (including phenoxy) is 8. The fourth-order valence-electron chi connectivity index (χ4n) is 7.33. The highest BCUT2D eigenvalue weighted by Crippen LogP contribution is 2.42. The molecule has 0 radical (unpaired) electrons. The molecule has 6 rings (SSSR count). The Hall–Kier alpha value is -4.46. The Bertz CT molecular complexity index is 2110. The summed E-state index contributed by atoms with van der Waals surface area (Å²) in [7, 11) is 1.43. The molecule has 3 aliphatic heterocycles. The van der Waals surface area contributed by atoms with E-state index in [1.165, 1.54) is 26.2 Å². The van der Waals surface area contributed by atoms with Crippen LogP contribution in [0.4, 0.5) is 0 Å². The Morgan fingerprint density at radius 3 is 1.92 bits per heavy atom. The van der Waals surface area contributed by atoms with Crippen LogP contribution in [0.5, 0.6) is 23.0 Å². The van der Waals surface area contributed by atoms with Crippen LogP contribution in [0.2, 0.25) is 0 Å². The summed E-state index contributed by atoms with van der Waals surface area (Å²) < 4.78 is 52.4. The highest BCUT2D eigenvalue weighted by atomic mass is 16.8. The zero-order chi connectivity index (χ0) is 45.3. The average molecular weight is 881 g/mol. The smallest absolute Gasteiger partial charge is 0.303 e. The molecule has 62 heavy (non-hydrogen) atoms. The van der Waals surface area contributed by atoms with Crippen molar-refractivity contribution in [2.75, 3.05) is 20.3 Å². The predicted molar refractivity (Wildman–Crippen MR) is 209 cm³/mol. The molecule has 0 bridgehead atoms. The first-order chi connectivity index (χ1) is 29.4. The quantitative estimate of drug-likeness (QED) is 0.0687. The van der Waals surface area contributed by atoms with Crippen molar-refractivity contribution in [3.8, 4) is 34.3 Å². The first kappa shape index (κ1) is 47.0. The van der Waals surface area contributed by atoms with Gasteiger partial charge >= 0.3 is 5.97 Å². The lowest BCUT2D eigenvalue weighted by Gasteiger charge is -2.46. The van der Waals surface area contributed by atoms with Crippen molar-refractivity contribution in [1.82, 2.24) is 0 Å². The van der Waals surface area contributed by atoms with Crippen LogP contribution >= 0.6 is 0 Å². The molecule has 3 fully saturated rings. The van der Waals surface area contributed by atoms with E-state index in [0.29, 0.717) is 5.75 Å². The molecule has 3 saturated heterocycles. The summed E-state index contributed by atoms with van der Waals surface area (Å²) in [5.41, 5.74) is -0.122. The molecule has 1 aromatic heterocycles. The number of carbonyl (C=O) groups is 1. The Morgan fingerprint density at radius 2 is 1.35 bits per heavy atom. The summed E-state index contributed by atoms with van der Waals surface area (Å²) in [6, 6.07) is 7.14. The number of hydrogen-bond acceptors (Lipinski definition) is 21. The van der Waals surface area contributed by atoms with Gasteiger partial charge in [-0.05, 0) is 51.5 Å². The second-order valence-corrected chi connectivity index (χ2v) is 15.4. The van der Waals surface area contributed by atoms with Gasteiger partial charge < -0.3 is 93.4 Å². The monoisotopic (exact) mass is 880 g/mol. The zero-order valence-corrected chi connectivity index (χ0v) is 34.2. The van der Waals surface area contributed by atoms with Gasteiger partial charge in [-0.15, -0.1) is 0 Å². The third-order valence-electron chi connectivity index (χ3n) is 10.8. The average Bonchev–Trinajstić information content (AvgIpc) is 3.24. The molecule has 0 amide bonds. The van der Waals surface area contributed by atoms with Gasteiger partial charge in [0.25, 0.3) is 0 Å². The summed E-state index contributed by atoms with van der Waals surface area (Å²) in [4.78, 5) is 27.0. The number of phenolic OH excluding ortho intramolecular Hbond substituents is 1. The van der Waals surface area contributed by atoms with Gasteiger partial charge in [0, 0.05) is 24.1 Å². The number of phenols is 1. The number of rotatable bonds is 13. The number of methoxy groups -OCH3 is 1. The van der Waals surface area contributed by atoms with Crippen molar-refractivity contribution >= 4 is 16.9 Å². The highest BCUT2D eigenvalue weighted by Gasteiger charge is 2.52. The van der Waals surface area contributed by atoms with Gasteiger partial charge in [-0.1, -0.05) is 11.6 Å². The van der Waals surface area contributed by atoms with Gasteiger partial charge in [-0.3, -0.25) is 9.59 Å². The summed E-state index contributed by atoms with van der Waals surface area (Å²) in [6.07, 6.45) is -23.7. The second-order valence-electron chi connectivity index (χ2n) is 15.4. The molecule has 15 atom stereocenters. The van der Waals surface area contributed by atoms with E-state index in [1.807, 2.05) is 0 Å². The second kappa shape index (κ2) is 19.5. The molecule has 21 heteroatoms. The SMILES string of the molecule is COc1ccc(-c2oc3c(CC=C(C)C)c(OC4OC(CO)C(O)C(O)C4O)cc(O)c3c(=O)c2OC2OC(C)C(OC(C)=O)C(O)C2OC2OC(CO)C(O)C(O)C2O)cc1. The first-order valence-electron chi connectivity index (χ1n) is 19.6. The van der Waals surface area contributed by atoms with Crippen LogP contribution in [0.25, 0.3) is 22.3 Å². The number of esters is 1. The van der Waals surface area contributed by atoms with Gasteiger partial charge in [-0.25, -0.2) is 0 Å². The molecule has 0 saturated carbocycles. The van der Waals surface area contributed by atoms with E-state index < -0.39 is 134 Å². The molecule has 0 aliphatic carbocycles. The molecule has 2 aromatic carbocycles. The Labute approximate surface area is 353 Å². The number of allylic oxidation sites excluding steroid dienone is 2. The normalized spacial score (nSPS) is 33.7. The fraction of sp³-hybridized carbons (Fsp3) is 0.561. The van der Waals surface area contributed by atoms with E-state index in [0.717, 1.165) is 18.6 Å². The maximum atomic E-state index is 14.9. The predicted octanol–water partition coefficient (Wildman–Crippen LogP) is -1.54. The number of aliphatic hydroxyl groups is 9. The van der Waals surface area contributed by atoms with Crippen LogP contribution in [0, 0.1) is 0 Å². The van der Waals surface area contributed by atoms with E-state index >= 15 is 0 Å². The molecular weight excluding hydrogens is 828 g/mol. The van der Waals surface area contributed by atoms with Crippen LogP contribution in [-0.4, -0.2) is 169 Å². The minimum absolute atomic E-state index is 0.0148. The third kappa shape index (κ3) is 9.40. The van der Waals surface area contributed by atoms with Gasteiger partial charge in [0.05, 0.1) is 26.4 Å². The molecular formula is C41H52O21. The molecule has 15 unspecified atom stereocenters. The van der Waals surface area contributed by atoms with Crippen LogP contribution in [0.1, 0.15) is 33.3 Å². The van der Waals surface area contributed by atoms with E-state index in [4.69, 9.17) is 42.3 Å². The third-order valence-corrected chi connectivity index (χ3v) is 10.8. The lowest BCUT2D eigenvalue weighted by molar-refractivity contribution is -0.355. The summed E-state index contributed by atoms with van der Waals surface area (Å²) >= 11 is 0. The molecule has 3 aliphatic rings. The molecule has 0 spiro atoms. The van der Waals surface area contributed by atoms with Crippen LogP contribution in [0.15, 0.2) is 51.2 Å². The van der Waals surface area contributed by atoms with Crippen molar-refractivity contribution in [1.29, 1.82) is 0 Å². The van der Waals surface area contributed by atoms with Crippen molar-refractivity contribution in [2.24, 2.45) is 0 Å². The number of carbonyl (C=O) groups excluding carboxylic acids is 1. The minimum Gasteiger partial charge on any atom is -0.507 e. The summed E-state index contributed by atoms with van der Waals surface area (Å²) in [5, 5.41) is 106. The van der Waals surface area contributed by atoms with E-state index in [9.17, 15) is 60.7 Å². The molecule has 3 aromatic rings. The summed E-state index contributed by atoms with van der Waals surface area (Å²) in [5.74, 6) is -2.23. The topological polar surface area (TPSA) is 323 Å². The first-order valence-corrected chi connectivity index (χ1v) is 19.6. The van der Waals surface area contributed by atoms with Gasteiger partial charge in [-0.2, -0.15) is 0 Å². The zero-order valence-electron chi connectivity index (χ0n) is 34.2. The highest BCUT2D eigenvalue weighted by molar-refractivity contribution is 5.91. The largest absolute Gasteiger partial charge is 0.507 e. The lowest BCUT2D eigenvalue weighted by atomic mass is 9.97. The number of fused-ring (bicyclic) bond motifs is 1. The molecule has 342 valence electrons. The number of aliphatic hydroxyl groups excluding tert-OH is 9. The Kier molecular flexibility index (Phi) is 14.8. The van der Waals surface area contributed by atoms with E-state index in [2.05, 4.69) is 0 Å². The van der Waals surface area contributed by atoms with E-state index in [-0.39, 0.29) is 34.6 Å². The lowest BCUT2D eigenvalue weighted by Crippen LogP contribution is -2.65. The Morgan fingerprint density at radius 1 is 0.758 bits per heavy atom. The van der Waals surface area contributed by atoms with Crippen LogP contribution < -0.4 is 19.6 Å².